The largest absolute Gasteiger partial charge is 0.286 e. The monoisotopic (exact) mass is 220 g/mol. The fourth-order valence-electron chi connectivity index (χ4n) is 1.28. The average molecular weight is 220 g/mol. The van der Waals surface area contributed by atoms with E-state index in [9.17, 15) is 8.42 Å². The molecule has 0 saturated heterocycles. The Morgan fingerprint density at radius 1 is 1.00 bits per heavy atom. The second kappa shape index (κ2) is 8.00. The van der Waals surface area contributed by atoms with Gasteiger partial charge in [0.05, 0.1) is 5.75 Å². The van der Waals surface area contributed by atoms with Crippen LogP contribution in [0, 0.1) is 0 Å². The molecule has 0 amide bonds. The molecule has 0 atom stereocenters. The van der Waals surface area contributed by atoms with E-state index in [0.717, 1.165) is 25.7 Å². The number of allylic oxidation sites excluding steroid dienone is 1. The highest BCUT2D eigenvalue weighted by atomic mass is 32.2. The van der Waals surface area contributed by atoms with Gasteiger partial charge in [-0.1, -0.05) is 31.8 Å². The maximum absolute atomic E-state index is 10.3. The van der Waals surface area contributed by atoms with Gasteiger partial charge >= 0.3 is 0 Å². The third kappa shape index (κ3) is 11.6. The molecule has 0 heterocycles. The Labute approximate surface area is 87.0 Å². The SMILES string of the molecule is C=CCCCCCCCCS(=O)(=O)O. The summed E-state index contributed by atoms with van der Waals surface area (Å²) in [6.07, 6.45) is 8.96. The molecule has 0 aromatic rings. The Kier molecular flexibility index (Phi) is 7.80. The van der Waals surface area contributed by atoms with Crippen LogP contribution in [0.5, 0.6) is 0 Å². The van der Waals surface area contributed by atoms with Gasteiger partial charge in [-0.3, -0.25) is 4.55 Å². The molecule has 14 heavy (non-hydrogen) atoms. The second-order valence-electron chi connectivity index (χ2n) is 3.48. The van der Waals surface area contributed by atoms with Crippen molar-refractivity contribution in [3.63, 3.8) is 0 Å². The number of hydrogen-bond donors (Lipinski definition) is 1. The smallest absolute Gasteiger partial charge is 0.264 e. The van der Waals surface area contributed by atoms with Gasteiger partial charge < -0.3 is 0 Å². The predicted octanol–water partition coefficient (Wildman–Crippen LogP) is 2.79. The highest BCUT2D eigenvalue weighted by Gasteiger charge is 2.02. The second-order valence-corrected chi connectivity index (χ2v) is 5.06. The van der Waals surface area contributed by atoms with Crippen molar-refractivity contribution in [3.8, 4) is 0 Å². The molecular formula is C10H20O3S. The molecule has 0 rings (SSSR count). The Morgan fingerprint density at radius 3 is 2.00 bits per heavy atom. The average Bonchev–Trinajstić information content (AvgIpc) is 2.08. The highest BCUT2D eigenvalue weighted by molar-refractivity contribution is 7.85. The summed E-state index contributed by atoms with van der Waals surface area (Å²) >= 11 is 0. The summed E-state index contributed by atoms with van der Waals surface area (Å²) in [4.78, 5) is 0. The van der Waals surface area contributed by atoms with Gasteiger partial charge in [-0.25, -0.2) is 0 Å². The summed E-state index contributed by atoms with van der Waals surface area (Å²) in [6.45, 7) is 3.64. The van der Waals surface area contributed by atoms with E-state index < -0.39 is 10.1 Å². The zero-order valence-corrected chi connectivity index (χ0v) is 9.43. The molecule has 1 N–H and O–H groups in total. The van der Waals surface area contributed by atoms with Crippen LogP contribution in [-0.2, 0) is 10.1 Å². The van der Waals surface area contributed by atoms with E-state index in [0.29, 0.717) is 6.42 Å². The Balaban J connectivity index is 3.10. The lowest BCUT2D eigenvalue weighted by Gasteiger charge is -1.99. The molecule has 84 valence electrons. The number of hydrogen-bond acceptors (Lipinski definition) is 2. The summed E-state index contributed by atoms with van der Waals surface area (Å²) < 4.78 is 29.2. The van der Waals surface area contributed by atoms with Crippen molar-refractivity contribution in [2.75, 3.05) is 5.75 Å². The molecule has 0 saturated carbocycles. The van der Waals surface area contributed by atoms with Crippen LogP contribution in [0.1, 0.15) is 44.9 Å². The zero-order chi connectivity index (χ0) is 10.9. The van der Waals surface area contributed by atoms with Gasteiger partial charge in [-0.05, 0) is 19.3 Å². The third-order valence-corrected chi connectivity index (χ3v) is 2.87. The highest BCUT2D eigenvalue weighted by Crippen LogP contribution is 2.07. The van der Waals surface area contributed by atoms with Gasteiger partial charge in [0.15, 0.2) is 0 Å². The van der Waals surface area contributed by atoms with Crippen LogP contribution in [0.25, 0.3) is 0 Å². The lowest BCUT2D eigenvalue weighted by atomic mass is 10.1. The quantitative estimate of drug-likeness (QED) is 0.369. The number of rotatable bonds is 9. The topological polar surface area (TPSA) is 54.4 Å². The fourth-order valence-corrected chi connectivity index (χ4v) is 1.85. The van der Waals surface area contributed by atoms with E-state index in [-0.39, 0.29) is 5.75 Å². The van der Waals surface area contributed by atoms with Gasteiger partial charge in [0.1, 0.15) is 0 Å². The van der Waals surface area contributed by atoms with Crippen LogP contribution in [0.15, 0.2) is 12.7 Å². The molecule has 0 spiro atoms. The maximum Gasteiger partial charge on any atom is 0.264 e. The Bertz CT molecular complexity index is 232. The van der Waals surface area contributed by atoms with Crippen LogP contribution in [0.2, 0.25) is 0 Å². The molecule has 0 radical (unpaired) electrons. The molecule has 3 nitrogen and oxygen atoms in total. The molecule has 0 bridgehead atoms. The van der Waals surface area contributed by atoms with Crippen molar-refractivity contribution < 1.29 is 13.0 Å². The van der Waals surface area contributed by atoms with Crippen LogP contribution in [0.3, 0.4) is 0 Å². The lowest BCUT2D eigenvalue weighted by Crippen LogP contribution is -2.03. The van der Waals surface area contributed by atoms with Gasteiger partial charge in [0.25, 0.3) is 10.1 Å². The molecule has 0 fully saturated rings. The van der Waals surface area contributed by atoms with Crippen LogP contribution in [-0.4, -0.2) is 18.7 Å². The summed E-state index contributed by atoms with van der Waals surface area (Å²) in [5.41, 5.74) is 0. The predicted molar refractivity (Wildman–Crippen MR) is 58.9 cm³/mol. The van der Waals surface area contributed by atoms with Crippen molar-refractivity contribution in [3.05, 3.63) is 12.7 Å². The first kappa shape index (κ1) is 13.7. The van der Waals surface area contributed by atoms with Crippen molar-refractivity contribution in [1.82, 2.24) is 0 Å². The third-order valence-electron chi connectivity index (χ3n) is 2.06. The van der Waals surface area contributed by atoms with E-state index in [1.807, 2.05) is 6.08 Å². The van der Waals surface area contributed by atoms with Gasteiger partial charge in [0.2, 0.25) is 0 Å². The van der Waals surface area contributed by atoms with E-state index in [1.54, 1.807) is 0 Å². The van der Waals surface area contributed by atoms with Crippen LogP contribution < -0.4 is 0 Å². The van der Waals surface area contributed by atoms with E-state index >= 15 is 0 Å². The van der Waals surface area contributed by atoms with Gasteiger partial charge in [0, 0.05) is 0 Å². The standard InChI is InChI=1S/C10H20O3S/c1-2-3-4-5-6-7-8-9-10-14(11,12)13/h2H,1,3-10H2,(H,11,12,13). The molecule has 0 aromatic carbocycles. The Hall–Kier alpha value is -0.350. The van der Waals surface area contributed by atoms with Crippen molar-refractivity contribution in [2.24, 2.45) is 0 Å². The van der Waals surface area contributed by atoms with Crippen molar-refractivity contribution >= 4 is 10.1 Å². The lowest BCUT2D eigenvalue weighted by molar-refractivity contribution is 0.478. The van der Waals surface area contributed by atoms with Crippen LogP contribution >= 0.6 is 0 Å². The minimum Gasteiger partial charge on any atom is -0.286 e. The van der Waals surface area contributed by atoms with E-state index in [2.05, 4.69) is 6.58 Å². The molecule has 0 aromatic heterocycles. The molecule has 0 aliphatic carbocycles. The first-order valence-corrected chi connectivity index (χ1v) is 6.73. The zero-order valence-electron chi connectivity index (χ0n) is 8.61. The molecule has 0 aliphatic heterocycles. The van der Waals surface area contributed by atoms with Crippen LogP contribution in [0.4, 0.5) is 0 Å². The first-order valence-electron chi connectivity index (χ1n) is 5.12. The normalized spacial score (nSPS) is 11.5. The summed E-state index contributed by atoms with van der Waals surface area (Å²) in [5.74, 6) is -0.0976. The maximum atomic E-state index is 10.3. The summed E-state index contributed by atoms with van der Waals surface area (Å²) in [6, 6.07) is 0. The molecular weight excluding hydrogens is 200 g/mol. The van der Waals surface area contributed by atoms with Gasteiger partial charge in [-0.15, -0.1) is 6.58 Å². The van der Waals surface area contributed by atoms with Crippen molar-refractivity contribution in [1.29, 1.82) is 0 Å². The minimum absolute atomic E-state index is 0.0976. The minimum atomic E-state index is -3.74. The molecule has 0 aliphatic rings. The van der Waals surface area contributed by atoms with Crippen molar-refractivity contribution in [2.45, 2.75) is 44.9 Å². The first-order chi connectivity index (χ1) is 6.56. The molecule has 0 unspecified atom stereocenters. The molecule has 4 heteroatoms. The van der Waals surface area contributed by atoms with E-state index in [1.165, 1.54) is 12.8 Å². The Morgan fingerprint density at radius 2 is 1.50 bits per heavy atom. The summed E-state index contributed by atoms with van der Waals surface area (Å²) in [5, 5.41) is 0. The van der Waals surface area contributed by atoms with Gasteiger partial charge in [-0.2, -0.15) is 8.42 Å². The number of unbranched alkanes of at least 4 members (excludes halogenated alkanes) is 6. The summed E-state index contributed by atoms with van der Waals surface area (Å²) in [7, 11) is -3.74. The fraction of sp³-hybridized carbons (Fsp3) is 0.800. The van der Waals surface area contributed by atoms with E-state index in [4.69, 9.17) is 4.55 Å².